The Bertz CT molecular complexity index is 638. The molecule has 0 bridgehead atoms. The Balaban J connectivity index is 2.38. The van der Waals surface area contributed by atoms with Crippen LogP contribution in [0, 0.1) is 0 Å². The van der Waals surface area contributed by atoms with Crippen LogP contribution >= 0.6 is 28.1 Å². The lowest BCUT2D eigenvalue weighted by Crippen LogP contribution is -2.12. The molecule has 2 aromatic carbocycles. The van der Waals surface area contributed by atoms with E-state index in [4.69, 9.17) is 18.0 Å². The summed E-state index contributed by atoms with van der Waals surface area (Å²) < 4.78 is 0.898. The maximum atomic E-state index is 5.81. The van der Waals surface area contributed by atoms with Gasteiger partial charge in [-0.15, -0.1) is 0 Å². The summed E-state index contributed by atoms with van der Waals surface area (Å²) in [7, 11) is 0. The third kappa shape index (κ3) is 3.38. The van der Waals surface area contributed by atoms with Crippen LogP contribution in [-0.4, -0.2) is 4.99 Å². The maximum absolute atomic E-state index is 5.81. The van der Waals surface area contributed by atoms with Gasteiger partial charge in [-0.3, -0.25) is 0 Å². The Morgan fingerprint density at radius 1 is 1.20 bits per heavy atom. The van der Waals surface area contributed by atoms with Gasteiger partial charge in [0, 0.05) is 21.4 Å². The number of hydrogen-bond acceptors (Lipinski definition) is 2. The molecule has 20 heavy (non-hydrogen) atoms. The third-order valence-electron chi connectivity index (χ3n) is 3.09. The molecule has 0 fully saturated rings. The molecule has 0 aromatic heterocycles. The van der Waals surface area contributed by atoms with Crippen molar-refractivity contribution in [1.82, 2.24) is 0 Å². The molecule has 0 aliphatic rings. The quantitative estimate of drug-likeness (QED) is 0.767. The number of halogens is 1. The normalized spacial score (nSPS) is 10.6. The molecule has 0 radical (unpaired) electrons. The molecule has 0 aliphatic heterocycles. The summed E-state index contributed by atoms with van der Waals surface area (Å²) in [5.74, 6) is 0.495. The molecule has 2 aromatic rings. The van der Waals surface area contributed by atoms with Crippen molar-refractivity contribution in [1.29, 1.82) is 0 Å². The van der Waals surface area contributed by atoms with Crippen LogP contribution in [0.3, 0.4) is 0 Å². The van der Waals surface area contributed by atoms with Gasteiger partial charge in [-0.25, -0.2) is 0 Å². The van der Waals surface area contributed by atoms with E-state index in [9.17, 15) is 0 Å². The van der Waals surface area contributed by atoms with Crippen LogP contribution < -0.4 is 11.1 Å². The number of nitrogens with one attached hydrogen (secondary N) is 1. The first-order chi connectivity index (χ1) is 9.49. The van der Waals surface area contributed by atoms with E-state index in [1.807, 2.05) is 24.3 Å². The minimum Gasteiger partial charge on any atom is -0.389 e. The van der Waals surface area contributed by atoms with Gasteiger partial charge < -0.3 is 11.1 Å². The van der Waals surface area contributed by atoms with E-state index >= 15 is 0 Å². The van der Waals surface area contributed by atoms with Crippen LogP contribution in [-0.2, 0) is 0 Å². The number of anilines is 2. The number of hydrogen-bond donors (Lipinski definition) is 2. The van der Waals surface area contributed by atoms with Crippen molar-refractivity contribution in [3.05, 3.63) is 58.1 Å². The molecule has 0 spiro atoms. The van der Waals surface area contributed by atoms with Gasteiger partial charge in [0.05, 0.1) is 0 Å². The largest absolute Gasteiger partial charge is 0.389 e. The summed E-state index contributed by atoms with van der Waals surface area (Å²) in [6, 6.07) is 14.2. The zero-order valence-electron chi connectivity index (χ0n) is 11.5. The second-order valence-corrected chi connectivity index (χ2v) is 6.23. The van der Waals surface area contributed by atoms with Gasteiger partial charge in [0.25, 0.3) is 0 Å². The van der Waals surface area contributed by atoms with Crippen LogP contribution in [0.5, 0.6) is 0 Å². The first-order valence-corrected chi connectivity index (χ1v) is 7.64. The maximum Gasteiger partial charge on any atom is 0.107 e. The molecule has 0 amide bonds. The van der Waals surface area contributed by atoms with Gasteiger partial charge >= 0.3 is 0 Å². The van der Waals surface area contributed by atoms with E-state index in [0.717, 1.165) is 21.4 Å². The Morgan fingerprint density at radius 2 is 1.90 bits per heavy atom. The van der Waals surface area contributed by atoms with Crippen LogP contribution in [0.4, 0.5) is 11.4 Å². The highest BCUT2D eigenvalue weighted by Gasteiger charge is 2.10. The zero-order valence-corrected chi connectivity index (χ0v) is 13.9. The van der Waals surface area contributed by atoms with E-state index in [1.54, 1.807) is 0 Å². The molecular weight excluding hydrogens is 332 g/mol. The standard InChI is InChI=1S/C16H17BrN2S/c1-10(2)11-5-3-6-12(9-11)19-14-8-4-7-13(17)15(14)16(18)20/h3-10,19H,1-2H3,(H2,18,20). The first kappa shape index (κ1) is 15.0. The monoisotopic (exact) mass is 348 g/mol. The fraction of sp³-hybridized carbons (Fsp3) is 0.188. The molecule has 4 heteroatoms. The fourth-order valence-corrected chi connectivity index (χ4v) is 2.94. The van der Waals surface area contributed by atoms with E-state index in [-0.39, 0.29) is 0 Å². The highest BCUT2D eigenvalue weighted by Crippen LogP contribution is 2.28. The second-order valence-electron chi connectivity index (χ2n) is 4.93. The van der Waals surface area contributed by atoms with E-state index in [2.05, 4.69) is 53.3 Å². The summed E-state index contributed by atoms with van der Waals surface area (Å²) >= 11 is 8.62. The molecule has 0 aliphatic carbocycles. The molecular formula is C16H17BrN2S. The fourth-order valence-electron chi connectivity index (χ4n) is 2.01. The predicted molar refractivity (Wildman–Crippen MR) is 93.8 cm³/mol. The van der Waals surface area contributed by atoms with Crippen molar-refractivity contribution >= 4 is 44.5 Å². The Labute approximate surface area is 133 Å². The van der Waals surface area contributed by atoms with Gasteiger partial charge in [-0.05, 0) is 51.7 Å². The van der Waals surface area contributed by atoms with Gasteiger partial charge in [0.1, 0.15) is 4.99 Å². The lowest BCUT2D eigenvalue weighted by Gasteiger charge is -2.14. The Kier molecular flexibility index (Phi) is 4.78. The molecule has 104 valence electrons. The van der Waals surface area contributed by atoms with E-state index in [0.29, 0.717) is 10.9 Å². The Morgan fingerprint density at radius 3 is 2.55 bits per heavy atom. The van der Waals surface area contributed by atoms with Crippen LogP contribution in [0.1, 0.15) is 30.9 Å². The molecule has 0 saturated carbocycles. The molecule has 0 saturated heterocycles. The van der Waals surface area contributed by atoms with Crippen molar-refractivity contribution in [2.75, 3.05) is 5.32 Å². The van der Waals surface area contributed by atoms with Gasteiger partial charge in [-0.2, -0.15) is 0 Å². The van der Waals surface area contributed by atoms with Gasteiger partial charge in [0.2, 0.25) is 0 Å². The van der Waals surface area contributed by atoms with Crippen LogP contribution in [0.25, 0.3) is 0 Å². The molecule has 2 nitrogen and oxygen atoms in total. The minimum atomic E-state index is 0.375. The zero-order chi connectivity index (χ0) is 14.7. The second kappa shape index (κ2) is 6.37. The summed E-state index contributed by atoms with van der Waals surface area (Å²) in [4.78, 5) is 0.375. The summed E-state index contributed by atoms with van der Waals surface area (Å²) in [5, 5.41) is 3.39. The smallest absolute Gasteiger partial charge is 0.107 e. The predicted octanol–water partition coefficient (Wildman–Crippen LogP) is 4.95. The molecule has 0 unspecified atom stereocenters. The van der Waals surface area contributed by atoms with Crippen LogP contribution in [0.15, 0.2) is 46.9 Å². The average molecular weight is 349 g/mol. The molecule has 3 N–H and O–H groups in total. The summed E-state index contributed by atoms with van der Waals surface area (Å²) in [5.41, 5.74) is 9.88. The van der Waals surface area contributed by atoms with E-state index in [1.165, 1.54) is 5.56 Å². The van der Waals surface area contributed by atoms with Gasteiger partial charge in [0.15, 0.2) is 0 Å². The summed E-state index contributed by atoms with van der Waals surface area (Å²) in [6.07, 6.45) is 0. The van der Waals surface area contributed by atoms with Crippen molar-refractivity contribution < 1.29 is 0 Å². The van der Waals surface area contributed by atoms with Crippen LogP contribution in [0.2, 0.25) is 0 Å². The molecule has 0 atom stereocenters. The lowest BCUT2D eigenvalue weighted by atomic mass is 10.0. The van der Waals surface area contributed by atoms with E-state index < -0.39 is 0 Å². The average Bonchev–Trinajstić information content (AvgIpc) is 2.38. The third-order valence-corrected chi connectivity index (χ3v) is 3.96. The number of rotatable bonds is 4. The summed E-state index contributed by atoms with van der Waals surface area (Å²) in [6.45, 7) is 4.36. The number of thiocarbonyl (C=S) groups is 1. The SMILES string of the molecule is CC(C)c1cccc(Nc2cccc(Br)c2C(N)=S)c1. The van der Waals surface area contributed by atoms with Crippen molar-refractivity contribution in [3.63, 3.8) is 0 Å². The molecule has 2 rings (SSSR count). The van der Waals surface area contributed by atoms with Gasteiger partial charge in [-0.1, -0.05) is 44.3 Å². The topological polar surface area (TPSA) is 38.0 Å². The number of nitrogens with two attached hydrogens (primary N) is 1. The minimum absolute atomic E-state index is 0.375. The highest BCUT2D eigenvalue weighted by atomic mass is 79.9. The first-order valence-electron chi connectivity index (χ1n) is 6.44. The lowest BCUT2D eigenvalue weighted by molar-refractivity contribution is 0.867. The van der Waals surface area contributed by atoms with Crippen molar-refractivity contribution in [2.45, 2.75) is 19.8 Å². The molecule has 0 heterocycles. The highest BCUT2D eigenvalue weighted by molar-refractivity contribution is 9.10. The van der Waals surface area contributed by atoms with Crippen molar-refractivity contribution in [3.8, 4) is 0 Å². The van der Waals surface area contributed by atoms with Crippen molar-refractivity contribution in [2.24, 2.45) is 5.73 Å². The Hall–Kier alpha value is -1.39. The number of benzene rings is 2.